The zero-order chi connectivity index (χ0) is 22.2. The number of rotatable bonds is 10. The van der Waals surface area contributed by atoms with Crippen LogP contribution in [0.5, 0.6) is 0 Å². The summed E-state index contributed by atoms with van der Waals surface area (Å²) in [6.07, 6.45) is 7.88. The van der Waals surface area contributed by atoms with Gasteiger partial charge in [0.1, 0.15) is 0 Å². The maximum atomic E-state index is 12.7. The second-order valence-corrected chi connectivity index (χ2v) is 8.87. The van der Waals surface area contributed by atoms with E-state index >= 15 is 0 Å². The van der Waals surface area contributed by atoms with E-state index < -0.39 is 27.6 Å². The standard InChI is InChI=1S/C21H28N2O5S/c1-6-8-12-18(10-7-2)22-20(24)17-11-9-13-19(14-17)29(27,28)23(26)16(3)15-21(4,5)25/h6-14,16,25-26H,1-2,15H2,3-5H3,(H,22,24)/b12-8-,18-10+. The molecule has 0 heterocycles. The van der Waals surface area contributed by atoms with Gasteiger partial charge in [-0.25, -0.2) is 8.42 Å². The Balaban J connectivity index is 3.13. The van der Waals surface area contributed by atoms with Gasteiger partial charge in [-0.15, -0.1) is 0 Å². The molecule has 1 rings (SSSR count). The van der Waals surface area contributed by atoms with Crippen LogP contribution in [0.2, 0.25) is 0 Å². The Morgan fingerprint density at radius 1 is 1.31 bits per heavy atom. The van der Waals surface area contributed by atoms with E-state index in [1.807, 2.05) is 0 Å². The van der Waals surface area contributed by atoms with Crippen LogP contribution in [-0.4, -0.2) is 40.8 Å². The Morgan fingerprint density at radius 3 is 2.52 bits per heavy atom. The van der Waals surface area contributed by atoms with Crippen molar-refractivity contribution in [3.05, 3.63) is 79.1 Å². The van der Waals surface area contributed by atoms with E-state index in [1.54, 1.807) is 24.3 Å². The molecule has 3 N–H and O–H groups in total. The van der Waals surface area contributed by atoms with Crippen LogP contribution in [0.15, 0.2) is 78.4 Å². The molecule has 0 bridgehead atoms. The summed E-state index contributed by atoms with van der Waals surface area (Å²) in [4.78, 5) is 12.3. The van der Waals surface area contributed by atoms with Crippen LogP contribution in [0.3, 0.4) is 0 Å². The molecule has 0 aliphatic heterocycles. The number of hydrogen-bond acceptors (Lipinski definition) is 5. The summed E-state index contributed by atoms with van der Waals surface area (Å²) < 4.78 is 25.6. The lowest BCUT2D eigenvalue weighted by atomic mass is 10.0. The van der Waals surface area contributed by atoms with E-state index in [1.165, 1.54) is 51.1 Å². The van der Waals surface area contributed by atoms with Gasteiger partial charge in [0.25, 0.3) is 15.9 Å². The number of benzene rings is 1. The fraction of sp³-hybridized carbons (Fsp3) is 0.286. The molecule has 1 aromatic carbocycles. The number of nitrogens with one attached hydrogen (secondary N) is 1. The lowest BCUT2D eigenvalue weighted by Crippen LogP contribution is -2.40. The maximum Gasteiger partial charge on any atom is 0.265 e. The van der Waals surface area contributed by atoms with Crippen LogP contribution >= 0.6 is 0 Å². The molecule has 1 unspecified atom stereocenters. The molecular weight excluding hydrogens is 392 g/mol. The van der Waals surface area contributed by atoms with Gasteiger partial charge in [0.05, 0.1) is 16.5 Å². The minimum Gasteiger partial charge on any atom is -0.390 e. The van der Waals surface area contributed by atoms with Crippen LogP contribution in [0.1, 0.15) is 37.6 Å². The molecule has 0 fully saturated rings. The fourth-order valence-electron chi connectivity index (χ4n) is 2.58. The molecule has 29 heavy (non-hydrogen) atoms. The number of sulfonamides is 1. The third-order valence-corrected chi connectivity index (χ3v) is 5.48. The second kappa shape index (κ2) is 10.3. The van der Waals surface area contributed by atoms with Crippen molar-refractivity contribution >= 4 is 15.9 Å². The Hall–Kier alpha value is -2.52. The SMILES string of the molecule is C=C/C=C\C(=C/C=C)NC(=O)c1cccc(S(=O)(=O)N(O)C(C)CC(C)(C)O)c1. The summed E-state index contributed by atoms with van der Waals surface area (Å²) in [5, 5.41) is 22.7. The smallest absolute Gasteiger partial charge is 0.265 e. The summed E-state index contributed by atoms with van der Waals surface area (Å²) in [5.41, 5.74) is -0.623. The van der Waals surface area contributed by atoms with Gasteiger partial charge in [-0.3, -0.25) is 10.0 Å². The van der Waals surface area contributed by atoms with E-state index in [0.29, 0.717) is 5.70 Å². The minimum absolute atomic E-state index is 0.0221. The van der Waals surface area contributed by atoms with Crippen molar-refractivity contribution in [3.63, 3.8) is 0 Å². The molecule has 1 aromatic rings. The third-order valence-electron chi connectivity index (χ3n) is 3.78. The summed E-state index contributed by atoms with van der Waals surface area (Å²) in [6, 6.07) is 4.45. The lowest BCUT2D eigenvalue weighted by molar-refractivity contribution is -0.0574. The van der Waals surface area contributed by atoms with Gasteiger partial charge in [-0.05, 0) is 57.5 Å². The molecule has 0 aromatic heterocycles. The van der Waals surface area contributed by atoms with Crippen molar-refractivity contribution < 1.29 is 23.5 Å². The summed E-state index contributed by atoms with van der Waals surface area (Å²) >= 11 is 0. The Bertz CT molecular complexity index is 911. The summed E-state index contributed by atoms with van der Waals surface area (Å²) in [5.74, 6) is -0.530. The summed E-state index contributed by atoms with van der Waals surface area (Å²) in [7, 11) is -4.28. The van der Waals surface area contributed by atoms with E-state index in [-0.39, 0.29) is 21.3 Å². The first-order valence-electron chi connectivity index (χ1n) is 8.91. The number of carbonyl (C=O) groups excluding carboxylic acids is 1. The first kappa shape index (κ1) is 24.5. The topological polar surface area (TPSA) is 107 Å². The predicted molar refractivity (Wildman–Crippen MR) is 113 cm³/mol. The van der Waals surface area contributed by atoms with Gasteiger partial charge in [0.2, 0.25) is 0 Å². The quantitative estimate of drug-likeness (QED) is 0.398. The number of hydroxylamine groups is 1. The Morgan fingerprint density at radius 2 is 1.97 bits per heavy atom. The van der Waals surface area contributed by atoms with Crippen LogP contribution in [0.4, 0.5) is 0 Å². The van der Waals surface area contributed by atoms with Crippen molar-refractivity contribution in [3.8, 4) is 0 Å². The average Bonchev–Trinajstić information content (AvgIpc) is 2.64. The largest absolute Gasteiger partial charge is 0.390 e. The molecule has 158 valence electrons. The van der Waals surface area contributed by atoms with Crippen molar-refractivity contribution in [2.45, 2.75) is 43.7 Å². The Labute approximate surface area is 172 Å². The first-order valence-corrected chi connectivity index (χ1v) is 10.4. The number of amides is 1. The highest BCUT2D eigenvalue weighted by molar-refractivity contribution is 7.89. The molecule has 1 atom stereocenters. The number of allylic oxidation sites excluding steroid dienone is 5. The van der Waals surface area contributed by atoms with Crippen LogP contribution in [-0.2, 0) is 10.0 Å². The zero-order valence-corrected chi connectivity index (χ0v) is 17.7. The number of hydrogen-bond donors (Lipinski definition) is 3. The third kappa shape index (κ3) is 7.43. The Kier molecular flexibility index (Phi) is 8.72. The van der Waals surface area contributed by atoms with Crippen molar-refractivity contribution in [2.75, 3.05) is 0 Å². The molecule has 1 amide bonds. The number of aliphatic hydroxyl groups is 1. The molecule has 0 saturated carbocycles. The number of carbonyl (C=O) groups is 1. The molecule has 0 aliphatic rings. The van der Waals surface area contributed by atoms with Gasteiger partial charge in [-0.1, -0.05) is 41.9 Å². The van der Waals surface area contributed by atoms with Crippen molar-refractivity contribution in [1.82, 2.24) is 9.79 Å². The van der Waals surface area contributed by atoms with Crippen LogP contribution < -0.4 is 5.32 Å². The van der Waals surface area contributed by atoms with E-state index in [4.69, 9.17) is 0 Å². The molecule has 8 heteroatoms. The zero-order valence-electron chi connectivity index (χ0n) is 16.9. The second-order valence-electron chi connectivity index (χ2n) is 7.08. The highest BCUT2D eigenvalue weighted by Crippen LogP contribution is 2.22. The van der Waals surface area contributed by atoms with E-state index in [0.717, 1.165) is 0 Å². The molecule has 0 saturated heterocycles. The van der Waals surface area contributed by atoms with E-state index in [2.05, 4.69) is 18.5 Å². The van der Waals surface area contributed by atoms with Gasteiger partial charge in [0, 0.05) is 11.3 Å². The lowest BCUT2D eigenvalue weighted by Gasteiger charge is -2.27. The predicted octanol–water partition coefficient (Wildman–Crippen LogP) is 3.16. The first-order chi connectivity index (χ1) is 13.4. The van der Waals surface area contributed by atoms with Gasteiger partial charge < -0.3 is 10.4 Å². The fourth-order valence-corrected chi connectivity index (χ4v) is 3.88. The maximum absolute atomic E-state index is 12.7. The van der Waals surface area contributed by atoms with Gasteiger partial charge in [-0.2, -0.15) is 0 Å². The number of nitrogens with zero attached hydrogens (tertiary/aromatic N) is 1. The van der Waals surface area contributed by atoms with Gasteiger partial charge in [0.15, 0.2) is 0 Å². The monoisotopic (exact) mass is 420 g/mol. The highest BCUT2D eigenvalue weighted by Gasteiger charge is 2.31. The summed E-state index contributed by atoms with van der Waals surface area (Å²) in [6.45, 7) is 11.6. The van der Waals surface area contributed by atoms with Gasteiger partial charge >= 0.3 is 0 Å². The van der Waals surface area contributed by atoms with Crippen LogP contribution in [0, 0.1) is 0 Å². The molecule has 0 spiro atoms. The normalized spacial score (nSPS) is 14.1. The molecule has 0 aliphatic carbocycles. The highest BCUT2D eigenvalue weighted by atomic mass is 32.2. The average molecular weight is 421 g/mol. The molecule has 0 radical (unpaired) electrons. The molecule has 7 nitrogen and oxygen atoms in total. The van der Waals surface area contributed by atoms with Crippen LogP contribution in [0.25, 0.3) is 0 Å². The minimum atomic E-state index is -4.28. The van der Waals surface area contributed by atoms with Crippen molar-refractivity contribution in [1.29, 1.82) is 0 Å². The van der Waals surface area contributed by atoms with E-state index in [9.17, 15) is 23.5 Å². The van der Waals surface area contributed by atoms with Crippen molar-refractivity contribution in [2.24, 2.45) is 0 Å². The molecular formula is C21H28N2O5S.